The lowest BCUT2D eigenvalue weighted by Gasteiger charge is -2.27. The van der Waals surface area contributed by atoms with Gasteiger partial charge in [0, 0.05) is 19.8 Å². The largest absolute Gasteiger partial charge is 0.381 e. The third-order valence-electron chi connectivity index (χ3n) is 4.01. The molecule has 0 saturated carbocycles. The van der Waals surface area contributed by atoms with Crippen LogP contribution in [0.5, 0.6) is 0 Å². The summed E-state index contributed by atoms with van der Waals surface area (Å²) in [5.41, 5.74) is -0.395. The van der Waals surface area contributed by atoms with E-state index in [-0.39, 0.29) is 12.1 Å². The third kappa shape index (κ3) is 4.19. The molecule has 1 heterocycles. The molecule has 1 fully saturated rings. The van der Waals surface area contributed by atoms with Crippen LogP contribution in [0, 0.1) is 11.8 Å². The Morgan fingerprint density at radius 3 is 2.50 bits per heavy atom. The van der Waals surface area contributed by atoms with Crippen molar-refractivity contribution in [2.75, 3.05) is 19.8 Å². The van der Waals surface area contributed by atoms with E-state index in [0.717, 1.165) is 32.6 Å². The molecule has 0 bridgehead atoms. The number of carbonyl (C=O) groups excluding carboxylic acids is 1. The number of amides is 1. The molecule has 1 saturated heterocycles. The van der Waals surface area contributed by atoms with Crippen LogP contribution in [0.2, 0.25) is 0 Å². The van der Waals surface area contributed by atoms with Crippen molar-refractivity contribution in [2.24, 2.45) is 11.8 Å². The molecule has 0 aliphatic carbocycles. The van der Waals surface area contributed by atoms with Gasteiger partial charge in [0.15, 0.2) is 0 Å². The van der Waals surface area contributed by atoms with Gasteiger partial charge in [-0.25, -0.2) is 0 Å². The molecule has 0 aromatic heterocycles. The fraction of sp³-hybridized carbons (Fsp3) is 0.938. The third-order valence-corrected chi connectivity index (χ3v) is 4.01. The van der Waals surface area contributed by atoms with Gasteiger partial charge < -0.3 is 9.64 Å². The molecule has 118 valence electrons. The van der Waals surface area contributed by atoms with Crippen molar-refractivity contribution in [1.82, 2.24) is 10.2 Å². The lowest BCUT2D eigenvalue weighted by Crippen LogP contribution is -2.45. The zero-order valence-electron chi connectivity index (χ0n) is 14.0. The Balaban J connectivity index is 2.51. The molecule has 2 unspecified atom stereocenters. The Morgan fingerprint density at radius 1 is 1.35 bits per heavy atom. The second-order valence-corrected chi connectivity index (χ2v) is 6.84. The normalized spacial score (nSPS) is 27.1. The van der Waals surface area contributed by atoms with Gasteiger partial charge in [0.05, 0.1) is 11.7 Å². The van der Waals surface area contributed by atoms with Gasteiger partial charge in [0.2, 0.25) is 5.91 Å². The van der Waals surface area contributed by atoms with E-state index < -0.39 is 5.54 Å². The summed E-state index contributed by atoms with van der Waals surface area (Å²) in [5, 5.41) is 3.51. The molecule has 0 aromatic rings. The smallest absolute Gasteiger partial charge is 0.243 e. The summed E-state index contributed by atoms with van der Waals surface area (Å²) in [5.74, 6) is 1.23. The Hall–Kier alpha value is -0.610. The fourth-order valence-corrected chi connectivity index (χ4v) is 2.59. The predicted octanol–water partition coefficient (Wildman–Crippen LogP) is 2.63. The van der Waals surface area contributed by atoms with Gasteiger partial charge in [0.1, 0.15) is 0 Å². The fourth-order valence-electron chi connectivity index (χ4n) is 2.59. The Morgan fingerprint density at radius 2 is 2.00 bits per heavy atom. The van der Waals surface area contributed by atoms with E-state index in [1.807, 2.05) is 11.8 Å². The Bertz CT molecular complexity index is 318. The highest BCUT2D eigenvalue weighted by atomic mass is 16.5. The molecule has 20 heavy (non-hydrogen) atoms. The quantitative estimate of drug-likeness (QED) is 0.697. The molecule has 2 atom stereocenters. The lowest BCUT2D eigenvalue weighted by molar-refractivity contribution is -0.133. The number of nitrogens with zero attached hydrogens (tertiary/aromatic N) is 1. The molecule has 1 amide bonds. The number of hydrogen-bond donors (Lipinski definition) is 1. The van der Waals surface area contributed by atoms with E-state index in [9.17, 15) is 4.79 Å². The van der Waals surface area contributed by atoms with Gasteiger partial charge in [-0.2, -0.15) is 0 Å². The Labute approximate surface area is 124 Å². The first-order valence-corrected chi connectivity index (χ1v) is 7.98. The second kappa shape index (κ2) is 7.41. The average Bonchev–Trinajstić information content (AvgIpc) is 2.63. The van der Waals surface area contributed by atoms with Crippen LogP contribution >= 0.6 is 0 Å². The minimum absolute atomic E-state index is 0.151. The van der Waals surface area contributed by atoms with Crippen LogP contribution in [-0.4, -0.2) is 42.3 Å². The van der Waals surface area contributed by atoms with Crippen LogP contribution in [0.4, 0.5) is 0 Å². The minimum Gasteiger partial charge on any atom is -0.381 e. The Kier molecular flexibility index (Phi) is 6.46. The van der Waals surface area contributed by atoms with Gasteiger partial charge in [-0.3, -0.25) is 10.1 Å². The molecule has 1 N–H and O–H groups in total. The molecule has 0 radical (unpaired) electrons. The molecule has 4 heteroatoms. The molecular formula is C16H32N2O2. The average molecular weight is 284 g/mol. The van der Waals surface area contributed by atoms with E-state index in [4.69, 9.17) is 4.74 Å². The first kappa shape index (κ1) is 17.4. The first-order chi connectivity index (χ1) is 9.31. The van der Waals surface area contributed by atoms with Gasteiger partial charge in [0.25, 0.3) is 0 Å². The topological polar surface area (TPSA) is 41.6 Å². The minimum atomic E-state index is -0.395. The van der Waals surface area contributed by atoms with Crippen molar-refractivity contribution in [3.05, 3.63) is 0 Å². The highest BCUT2D eigenvalue weighted by Crippen LogP contribution is 2.27. The van der Waals surface area contributed by atoms with Gasteiger partial charge in [-0.1, -0.05) is 34.6 Å². The summed E-state index contributed by atoms with van der Waals surface area (Å²) in [7, 11) is 0. The number of carbonyl (C=O) groups is 1. The molecule has 0 aromatic carbocycles. The maximum Gasteiger partial charge on any atom is 0.243 e. The number of rotatable bonds is 8. The maximum absolute atomic E-state index is 12.6. The number of ether oxygens (including phenoxy) is 1. The SMILES string of the molecule is CCC1(C)NC(C(C)C)N(CCCOCC(C)C)C1=O. The van der Waals surface area contributed by atoms with Crippen LogP contribution in [0.3, 0.4) is 0 Å². The molecule has 1 aliphatic heterocycles. The van der Waals surface area contributed by atoms with Crippen molar-refractivity contribution in [3.63, 3.8) is 0 Å². The van der Waals surface area contributed by atoms with Crippen molar-refractivity contribution < 1.29 is 9.53 Å². The van der Waals surface area contributed by atoms with Crippen LogP contribution < -0.4 is 5.32 Å². The van der Waals surface area contributed by atoms with E-state index in [2.05, 4.69) is 39.9 Å². The summed E-state index contributed by atoms with van der Waals surface area (Å²) in [6, 6.07) is 0. The maximum atomic E-state index is 12.6. The van der Waals surface area contributed by atoms with Crippen LogP contribution in [0.1, 0.15) is 54.4 Å². The van der Waals surface area contributed by atoms with Crippen LogP contribution in [0.15, 0.2) is 0 Å². The van der Waals surface area contributed by atoms with Gasteiger partial charge >= 0.3 is 0 Å². The standard InChI is InChI=1S/C16H32N2O2/c1-7-16(6)15(19)18(14(17-16)13(4)5)9-8-10-20-11-12(2)3/h12-14,17H,7-11H2,1-6H3. The summed E-state index contributed by atoms with van der Waals surface area (Å²) in [6.45, 7) is 15.0. The second-order valence-electron chi connectivity index (χ2n) is 6.84. The van der Waals surface area contributed by atoms with Crippen LogP contribution in [0.25, 0.3) is 0 Å². The van der Waals surface area contributed by atoms with Gasteiger partial charge in [-0.15, -0.1) is 0 Å². The van der Waals surface area contributed by atoms with E-state index in [0.29, 0.717) is 11.8 Å². The van der Waals surface area contributed by atoms with E-state index in [1.54, 1.807) is 0 Å². The lowest BCUT2D eigenvalue weighted by atomic mass is 9.99. The van der Waals surface area contributed by atoms with Crippen molar-refractivity contribution in [3.8, 4) is 0 Å². The molecular weight excluding hydrogens is 252 g/mol. The zero-order valence-corrected chi connectivity index (χ0v) is 14.0. The highest BCUT2D eigenvalue weighted by Gasteiger charge is 2.47. The van der Waals surface area contributed by atoms with Crippen molar-refractivity contribution in [1.29, 1.82) is 0 Å². The molecule has 0 spiro atoms. The number of hydrogen-bond acceptors (Lipinski definition) is 3. The summed E-state index contributed by atoms with van der Waals surface area (Å²) >= 11 is 0. The monoisotopic (exact) mass is 284 g/mol. The van der Waals surface area contributed by atoms with Crippen molar-refractivity contribution in [2.45, 2.75) is 66.1 Å². The van der Waals surface area contributed by atoms with E-state index >= 15 is 0 Å². The van der Waals surface area contributed by atoms with Gasteiger partial charge in [-0.05, 0) is 31.6 Å². The van der Waals surface area contributed by atoms with Crippen LogP contribution in [-0.2, 0) is 9.53 Å². The first-order valence-electron chi connectivity index (χ1n) is 7.98. The molecule has 4 nitrogen and oxygen atoms in total. The summed E-state index contributed by atoms with van der Waals surface area (Å²) < 4.78 is 5.61. The zero-order chi connectivity index (χ0) is 15.3. The summed E-state index contributed by atoms with van der Waals surface area (Å²) in [6.07, 6.45) is 1.89. The number of nitrogens with one attached hydrogen (secondary N) is 1. The summed E-state index contributed by atoms with van der Waals surface area (Å²) in [4.78, 5) is 14.6. The highest BCUT2D eigenvalue weighted by molar-refractivity contribution is 5.88. The van der Waals surface area contributed by atoms with Crippen molar-refractivity contribution >= 4 is 5.91 Å². The van der Waals surface area contributed by atoms with E-state index in [1.165, 1.54) is 0 Å². The molecule has 1 rings (SSSR count). The molecule has 1 aliphatic rings. The predicted molar refractivity (Wildman–Crippen MR) is 82.4 cm³/mol.